The van der Waals surface area contributed by atoms with E-state index < -0.39 is 17.7 Å². The van der Waals surface area contributed by atoms with Crippen LogP contribution in [0.3, 0.4) is 0 Å². The molecule has 0 radical (unpaired) electrons. The molecule has 7 heteroatoms. The molecule has 2 aliphatic heterocycles. The van der Waals surface area contributed by atoms with Crippen molar-refractivity contribution in [1.29, 1.82) is 0 Å². The summed E-state index contributed by atoms with van der Waals surface area (Å²) in [5, 5.41) is 2.89. The fourth-order valence-electron chi connectivity index (χ4n) is 2.30. The predicted molar refractivity (Wildman–Crippen MR) is 81.2 cm³/mol. The molecule has 1 unspecified atom stereocenters. The Morgan fingerprint density at radius 2 is 2.19 bits per heavy atom. The van der Waals surface area contributed by atoms with Gasteiger partial charge in [0.25, 0.3) is 0 Å². The first-order valence-corrected chi connectivity index (χ1v) is 8.49. The monoisotopic (exact) mass is 316 g/mol. The SMILES string of the molecule is CC(C)(C)OC(=O)N1CSC[C@@H]1C(=O)NCC1CCCO1. The molecular weight excluding hydrogens is 292 g/mol. The number of ether oxygens (including phenoxy) is 2. The molecule has 21 heavy (non-hydrogen) atoms. The van der Waals surface area contributed by atoms with Crippen LogP contribution in [0.15, 0.2) is 0 Å². The minimum Gasteiger partial charge on any atom is -0.444 e. The Morgan fingerprint density at radius 3 is 2.81 bits per heavy atom. The molecule has 2 fully saturated rings. The minimum atomic E-state index is -0.553. The van der Waals surface area contributed by atoms with Gasteiger partial charge >= 0.3 is 6.09 Å². The van der Waals surface area contributed by atoms with Gasteiger partial charge in [0.1, 0.15) is 11.6 Å². The highest BCUT2D eigenvalue weighted by Crippen LogP contribution is 2.23. The summed E-state index contributed by atoms with van der Waals surface area (Å²) >= 11 is 1.56. The first-order valence-electron chi connectivity index (χ1n) is 7.33. The van der Waals surface area contributed by atoms with Crippen molar-refractivity contribution in [3.05, 3.63) is 0 Å². The van der Waals surface area contributed by atoms with Gasteiger partial charge in [0.2, 0.25) is 5.91 Å². The van der Waals surface area contributed by atoms with E-state index in [1.807, 2.05) is 20.8 Å². The van der Waals surface area contributed by atoms with Crippen molar-refractivity contribution in [1.82, 2.24) is 10.2 Å². The molecule has 0 saturated carbocycles. The second kappa shape index (κ2) is 6.87. The average molecular weight is 316 g/mol. The molecule has 2 heterocycles. The normalized spacial score (nSPS) is 26.0. The van der Waals surface area contributed by atoms with Gasteiger partial charge in [-0.3, -0.25) is 9.69 Å². The number of carbonyl (C=O) groups excluding carboxylic acids is 2. The Kier molecular flexibility index (Phi) is 5.37. The zero-order valence-corrected chi connectivity index (χ0v) is 13.7. The third-order valence-electron chi connectivity index (χ3n) is 3.34. The van der Waals surface area contributed by atoms with E-state index in [9.17, 15) is 9.59 Å². The molecule has 2 saturated heterocycles. The largest absolute Gasteiger partial charge is 0.444 e. The van der Waals surface area contributed by atoms with Crippen molar-refractivity contribution in [2.24, 2.45) is 0 Å². The number of hydrogen-bond donors (Lipinski definition) is 1. The maximum absolute atomic E-state index is 12.3. The van der Waals surface area contributed by atoms with Gasteiger partial charge in [0.15, 0.2) is 0 Å². The number of amides is 2. The lowest BCUT2D eigenvalue weighted by Gasteiger charge is -2.27. The molecule has 0 aromatic carbocycles. The Hall–Kier alpha value is -0.950. The van der Waals surface area contributed by atoms with Gasteiger partial charge in [-0.1, -0.05) is 0 Å². The lowest BCUT2D eigenvalue weighted by molar-refractivity contribution is -0.125. The molecule has 2 aliphatic rings. The summed E-state index contributed by atoms with van der Waals surface area (Å²) in [5.41, 5.74) is -0.553. The topological polar surface area (TPSA) is 67.9 Å². The van der Waals surface area contributed by atoms with E-state index in [2.05, 4.69) is 5.32 Å². The van der Waals surface area contributed by atoms with E-state index in [0.29, 0.717) is 18.2 Å². The molecule has 6 nitrogen and oxygen atoms in total. The van der Waals surface area contributed by atoms with Crippen LogP contribution in [0.1, 0.15) is 33.6 Å². The first kappa shape index (κ1) is 16.4. The number of nitrogens with zero attached hydrogens (tertiary/aromatic N) is 1. The highest BCUT2D eigenvalue weighted by molar-refractivity contribution is 7.99. The Balaban J connectivity index is 1.85. The van der Waals surface area contributed by atoms with Gasteiger partial charge in [-0.15, -0.1) is 11.8 Å². The molecule has 2 amide bonds. The summed E-state index contributed by atoms with van der Waals surface area (Å²) in [6.07, 6.45) is 1.71. The van der Waals surface area contributed by atoms with E-state index in [0.717, 1.165) is 19.4 Å². The minimum absolute atomic E-state index is 0.109. The van der Waals surface area contributed by atoms with Gasteiger partial charge in [-0.25, -0.2) is 4.79 Å². The number of nitrogens with one attached hydrogen (secondary N) is 1. The van der Waals surface area contributed by atoms with Gasteiger partial charge in [-0.05, 0) is 33.6 Å². The lowest BCUT2D eigenvalue weighted by atomic mass is 10.2. The molecule has 2 rings (SSSR count). The van der Waals surface area contributed by atoms with Gasteiger partial charge < -0.3 is 14.8 Å². The number of thioether (sulfide) groups is 1. The highest BCUT2D eigenvalue weighted by atomic mass is 32.2. The molecule has 1 N–H and O–H groups in total. The fraction of sp³-hybridized carbons (Fsp3) is 0.857. The van der Waals surface area contributed by atoms with E-state index in [-0.39, 0.29) is 12.0 Å². The van der Waals surface area contributed by atoms with Crippen molar-refractivity contribution in [3.63, 3.8) is 0 Å². The molecule has 0 aromatic heterocycles. The standard InChI is InChI=1S/C14H24N2O4S/c1-14(2,3)20-13(18)16-9-21-8-11(16)12(17)15-7-10-5-4-6-19-10/h10-11H,4-9H2,1-3H3,(H,15,17)/t10?,11-/m1/s1. The number of hydrogen-bond acceptors (Lipinski definition) is 5. The summed E-state index contributed by atoms with van der Waals surface area (Å²) < 4.78 is 10.8. The van der Waals surface area contributed by atoms with Crippen LogP contribution in [-0.2, 0) is 14.3 Å². The average Bonchev–Trinajstić information content (AvgIpc) is 3.05. The molecular formula is C14H24N2O4S. The Labute approximate surface area is 129 Å². The van der Waals surface area contributed by atoms with Gasteiger partial charge in [0.05, 0.1) is 12.0 Å². The maximum Gasteiger partial charge on any atom is 0.411 e. The maximum atomic E-state index is 12.3. The van der Waals surface area contributed by atoms with Crippen LogP contribution in [0.5, 0.6) is 0 Å². The van der Waals surface area contributed by atoms with Gasteiger partial charge in [-0.2, -0.15) is 0 Å². The zero-order chi connectivity index (χ0) is 15.5. The van der Waals surface area contributed by atoms with Crippen molar-refractivity contribution >= 4 is 23.8 Å². The molecule has 0 aliphatic carbocycles. The summed E-state index contributed by atoms with van der Waals surface area (Å²) in [6.45, 7) is 6.74. The van der Waals surface area contributed by atoms with Crippen molar-refractivity contribution < 1.29 is 19.1 Å². The van der Waals surface area contributed by atoms with E-state index >= 15 is 0 Å². The van der Waals surface area contributed by atoms with E-state index in [4.69, 9.17) is 9.47 Å². The van der Waals surface area contributed by atoms with E-state index in [1.165, 1.54) is 4.90 Å². The molecule has 0 aromatic rings. The molecule has 0 bridgehead atoms. The molecule has 0 spiro atoms. The molecule has 2 atom stereocenters. The van der Waals surface area contributed by atoms with Crippen LogP contribution in [0.2, 0.25) is 0 Å². The summed E-state index contributed by atoms with van der Waals surface area (Å²) in [5.74, 6) is 0.977. The number of rotatable bonds is 3. The third kappa shape index (κ3) is 4.78. The summed E-state index contributed by atoms with van der Waals surface area (Å²) in [7, 11) is 0. The van der Waals surface area contributed by atoms with Crippen LogP contribution in [0.4, 0.5) is 4.79 Å². The van der Waals surface area contributed by atoms with Crippen LogP contribution in [-0.4, -0.2) is 59.4 Å². The Morgan fingerprint density at radius 1 is 1.43 bits per heavy atom. The second-order valence-corrected chi connectivity index (χ2v) is 7.35. The van der Waals surface area contributed by atoms with Crippen LogP contribution >= 0.6 is 11.8 Å². The van der Waals surface area contributed by atoms with Crippen molar-refractivity contribution in [2.75, 3.05) is 24.8 Å². The lowest BCUT2D eigenvalue weighted by Crippen LogP contribution is -2.49. The zero-order valence-electron chi connectivity index (χ0n) is 12.9. The molecule has 120 valence electrons. The third-order valence-corrected chi connectivity index (χ3v) is 4.35. The fourth-order valence-corrected chi connectivity index (χ4v) is 3.44. The van der Waals surface area contributed by atoms with Crippen LogP contribution in [0, 0.1) is 0 Å². The predicted octanol–water partition coefficient (Wildman–Crippen LogP) is 1.59. The van der Waals surface area contributed by atoms with Gasteiger partial charge in [0, 0.05) is 18.9 Å². The summed E-state index contributed by atoms with van der Waals surface area (Å²) in [6, 6.07) is -0.453. The van der Waals surface area contributed by atoms with E-state index in [1.54, 1.807) is 11.8 Å². The Bertz CT molecular complexity index is 391. The number of carbonyl (C=O) groups is 2. The summed E-state index contributed by atoms with van der Waals surface area (Å²) in [4.78, 5) is 25.9. The van der Waals surface area contributed by atoms with Crippen molar-refractivity contribution in [3.8, 4) is 0 Å². The van der Waals surface area contributed by atoms with Crippen molar-refractivity contribution in [2.45, 2.75) is 51.4 Å². The first-order chi connectivity index (χ1) is 9.87. The highest BCUT2D eigenvalue weighted by Gasteiger charge is 2.37. The van der Waals surface area contributed by atoms with Crippen LogP contribution in [0.25, 0.3) is 0 Å². The quantitative estimate of drug-likeness (QED) is 0.856. The van der Waals surface area contributed by atoms with Crippen LogP contribution < -0.4 is 5.32 Å². The smallest absolute Gasteiger partial charge is 0.411 e. The second-order valence-electron chi connectivity index (χ2n) is 6.35.